The van der Waals surface area contributed by atoms with Gasteiger partial charge in [0.05, 0.1) is 11.4 Å². The molecule has 0 unspecified atom stereocenters. The quantitative estimate of drug-likeness (QED) is 0.656. The van der Waals surface area contributed by atoms with Crippen molar-refractivity contribution >= 4 is 23.5 Å². The first-order valence-corrected chi connectivity index (χ1v) is 10.4. The molecule has 0 saturated heterocycles. The van der Waals surface area contributed by atoms with Crippen molar-refractivity contribution in [2.24, 2.45) is 0 Å². The van der Waals surface area contributed by atoms with Gasteiger partial charge in [0.1, 0.15) is 5.82 Å². The third-order valence-corrected chi connectivity index (χ3v) is 5.24. The van der Waals surface area contributed by atoms with E-state index in [1.54, 1.807) is 22.6 Å². The van der Waals surface area contributed by atoms with Gasteiger partial charge in [-0.2, -0.15) is 9.78 Å². The van der Waals surface area contributed by atoms with Gasteiger partial charge < -0.3 is 5.32 Å². The van der Waals surface area contributed by atoms with Crippen LogP contribution in [0.4, 0.5) is 5.82 Å². The Hall–Kier alpha value is -2.60. The fourth-order valence-electron chi connectivity index (χ4n) is 2.62. The number of amides is 1. The zero-order valence-corrected chi connectivity index (χ0v) is 17.6. The molecule has 1 amide bonds. The summed E-state index contributed by atoms with van der Waals surface area (Å²) in [7, 11) is 0. The van der Waals surface area contributed by atoms with Gasteiger partial charge in [-0.15, -0.1) is 11.8 Å². The van der Waals surface area contributed by atoms with Crippen molar-refractivity contribution in [1.82, 2.24) is 14.8 Å². The Morgan fingerprint density at radius 2 is 1.89 bits per heavy atom. The van der Waals surface area contributed by atoms with E-state index in [0.29, 0.717) is 17.4 Å². The maximum absolute atomic E-state index is 12.5. The van der Waals surface area contributed by atoms with Crippen molar-refractivity contribution in [3.8, 4) is 5.82 Å². The third kappa shape index (κ3) is 5.23. The number of nitrogens with zero attached hydrogens (tertiary/aromatic N) is 3. The van der Waals surface area contributed by atoms with Crippen LogP contribution >= 0.6 is 11.8 Å². The highest BCUT2D eigenvalue weighted by Gasteiger charge is 2.21. The van der Waals surface area contributed by atoms with E-state index in [9.17, 15) is 4.79 Å². The van der Waals surface area contributed by atoms with E-state index in [4.69, 9.17) is 0 Å². The van der Waals surface area contributed by atoms with Crippen molar-refractivity contribution in [3.05, 3.63) is 71.5 Å². The van der Waals surface area contributed by atoms with Crippen LogP contribution in [0.2, 0.25) is 0 Å². The first-order chi connectivity index (χ1) is 13.3. The number of nitrogens with one attached hydrogen (secondary N) is 1. The summed E-state index contributed by atoms with van der Waals surface area (Å²) in [6, 6.07) is 16.0. The first-order valence-electron chi connectivity index (χ1n) is 9.28. The van der Waals surface area contributed by atoms with E-state index < -0.39 is 0 Å². The number of benzene rings is 1. The highest BCUT2D eigenvalue weighted by Crippen LogP contribution is 2.26. The zero-order valence-electron chi connectivity index (χ0n) is 16.8. The van der Waals surface area contributed by atoms with E-state index in [-0.39, 0.29) is 11.3 Å². The van der Waals surface area contributed by atoms with Gasteiger partial charge in [0.15, 0.2) is 5.82 Å². The maximum atomic E-state index is 12.5. The summed E-state index contributed by atoms with van der Waals surface area (Å²) in [6.45, 7) is 8.37. The Morgan fingerprint density at radius 1 is 1.14 bits per heavy atom. The summed E-state index contributed by atoms with van der Waals surface area (Å²) in [5.41, 5.74) is 3.24. The van der Waals surface area contributed by atoms with Crippen LogP contribution in [0, 0.1) is 6.92 Å². The third-order valence-electron chi connectivity index (χ3n) is 4.23. The van der Waals surface area contributed by atoms with Crippen LogP contribution < -0.4 is 5.32 Å². The van der Waals surface area contributed by atoms with Gasteiger partial charge in [0.2, 0.25) is 5.91 Å². The van der Waals surface area contributed by atoms with Crippen LogP contribution in [0.25, 0.3) is 5.82 Å². The molecule has 0 atom stereocenters. The molecule has 0 saturated carbocycles. The Kier molecular flexibility index (Phi) is 6.19. The van der Waals surface area contributed by atoms with E-state index in [2.05, 4.69) is 67.4 Å². The molecule has 5 nitrogen and oxygen atoms in total. The van der Waals surface area contributed by atoms with Gasteiger partial charge in [-0.1, -0.05) is 56.7 Å². The summed E-state index contributed by atoms with van der Waals surface area (Å²) in [4.78, 5) is 16.9. The summed E-state index contributed by atoms with van der Waals surface area (Å²) in [6.07, 6.45) is 1.72. The lowest BCUT2D eigenvalue weighted by atomic mass is 9.92. The molecule has 2 aromatic heterocycles. The highest BCUT2D eigenvalue weighted by atomic mass is 32.2. The van der Waals surface area contributed by atoms with E-state index in [0.717, 1.165) is 11.4 Å². The number of carbonyl (C=O) groups is 1. The molecule has 0 radical (unpaired) electrons. The number of aromatic nitrogens is 3. The predicted octanol–water partition coefficient (Wildman–Crippen LogP) is 4.75. The van der Waals surface area contributed by atoms with E-state index in [1.165, 1.54) is 11.1 Å². The average Bonchev–Trinajstić information content (AvgIpc) is 3.08. The van der Waals surface area contributed by atoms with E-state index >= 15 is 0 Å². The van der Waals surface area contributed by atoms with Gasteiger partial charge >= 0.3 is 0 Å². The summed E-state index contributed by atoms with van der Waals surface area (Å²) >= 11 is 1.60. The normalized spacial score (nSPS) is 11.4. The molecule has 0 aliphatic heterocycles. The topological polar surface area (TPSA) is 59.8 Å². The second-order valence-corrected chi connectivity index (χ2v) is 8.78. The second-order valence-electron chi connectivity index (χ2n) is 7.79. The lowest BCUT2D eigenvalue weighted by Gasteiger charge is -2.13. The van der Waals surface area contributed by atoms with Gasteiger partial charge in [-0.05, 0) is 24.6 Å². The molecule has 0 aliphatic rings. The standard InChI is InChI=1S/C22H26N4OS/c1-16-8-10-17(11-9-16)14-28-15-21(27)24-20-13-18(22(2,3)4)25-26(20)19-7-5-6-12-23-19/h5-13H,14-15H2,1-4H3,(H,24,27). The largest absolute Gasteiger partial charge is 0.310 e. The first kappa shape index (κ1) is 20.1. The number of hydrogen-bond donors (Lipinski definition) is 1. The molecule has 0 aliphatic carbocycles. The van der Waals surface area contributed by atoms with Gasteiger partial charge in [0.25, 0.3) is 0 Å². The Labute approximate surface area is 170 Å². The monoisotopic (exact) mass is 394 g/mol. The fraction of sp³-hybridized carbons (Fsp3) is 0.318. The van der Waals surface area contributed by atoms with Crippen LogP contribution in [-0.4, -0.2) is 26.4 Å². The molecule has 0 fully saturated rings. The molecule has 1 aromatic carbocycles. The lowest BCUT2D eigenvalue weighted by molar-refractivity contribution is -0.113. The molecular weight excluding hydrogens is 368 g/mol. The number of rotatable bonds is 6. The smallest absolute Gasteiger partial charge is 0.235 e. The second kappa shape index (κ2) is 8.61. The summed E-state index contributed by atoms with van der Waals surface area (Å²) in [5, 5.41) is 7.67. The molecule has 1 N–H and O–H groups in total. The number of carbonyl (C=O) groups excluding carboxylic acids is 1. The van der Waals surface area contributed by atoms with Crippen LogP contribution in [0.15, 0.2) is 54.7 Å². The number of thioether (sulfide) groups is 1. The fourth-order valence-corrected chi connectivity index (χ4v) is 3.40. The van der Waals surface area contributed by atoms with Crippen LogP contribution in [0.1, 0.15) is 37.6 Å². The van der Waals surface area contributed by atoms with Crippen molar-refractivity contribution in [2.45, 2.75) is 38.9 Å². The summed E-state index contributed by atoms with van der Waals surface area (Å²) < 4.78 is 1.70. The van der Waals surface area contributed by atoms with E-state index in [1.807, 2.05) is 24.3 Å². The van der Waals surface area contributed by atoms with Crippen molar-refractivity contribution in [1.29, 1.82) is 0 Å². The van der Waals surface area contributed by atoms with Crippen molar-refractivity contribution < 1.29 is 4.79 Å². The molecule has 146 valence electrons. The Morgan fingerprint density at radius 3 is 2.54 bits per heavy atom. The van der Waals surface area contributed by atoms with Gasteiger partial charge in [0, 0.05) is 23.4 Å². The van der Waals surface area contributed by atoms with Crippen LogP contribution in [0.5, 0.6) is 0 Å². The zero-order chi connectivity index (χ0) is 20.1. The molecule has 3 aromatic rings. The Bertz CT molecular complexity index is 927. The summed E-state index contributed by atoms with van der Waals surface area (Å²) in [5.74, 6) is 2.46. The van der Waals surface area contributed by atoms with Crippen molar-refractivity contribution in [2.75, 3.05) is 11.1 Å². The minimum Gasteiger partial charge on any atom is -0.310 e. The highest BCUT2D eigenvalue weighted by molar-refractivity contribution is 7.99. The molecule has 2 heterocycles. The Balaban J connectivity index is 1.69. The van der Waals surface area contributed by atoms with Crippen molar-refractivity contribution in [3.63, 3.8) is 0 Å². The molecule has 0 spiro atoms. The molecule has 0 bridgehead atoms. The molecule has 28 heavy (non-hydrogen) atoms. The lowest BCUT2D eigenvalue weighted by Crippen LogP contribution is -2.17. The number of hydrogen-bond acceptors (Lipinski definition) is 4. The van der Waals surface area contributed by atoms with Gasteiger partial charge in [-0.25, -0.2) is 4.98 Å². The van der Waals surface area contributed by atoms with Gasteiger partial charge in [-0.3, -0.25) is 4.79 Å². The predicted molar refractivity (Wildman–Crippen MR) is 116 cm³/mol. The number of pyridine rings is 1. The van der Waals surface area contributed by atoms with Crippen LogP contribution in [0.3, 0.4) is 0 Å². The maximum Gasteiger partial charge on any atom is 0.235 e. The number of anilines is 1. The average molecular weight is 395 g/mol. The van der Waals surface area contributed by atoms with Crippen LogP contribution in [-0.2, 0) is 16.0 Å². The SMILES string of the molecule is Cc1ccc(CSCC(=O)Nc2cc(C(C)(C)C)nn2-c2ccccn2)cc1. The molecule has 6 heteroatoms. The minimum absolute atomic E-state index is 0.0466. The minimum atomic E-state index is -0.125. The molecule has 3 rings (SSSR count). The molecular formula is C22H26N4OS. The number of aryl methyl sites for hydroxylation is 1.